The van der Waals surface area contributed by atoms with Gasteiger partial charge in [-0.15, -0.1) is 0 Å². The van der Waals surface area contributed by atoms with E-state index in [0.717, 1.165) is 26.1 Å². The summed E-state index contributed by atoms with van der Waals surface area (Å²) >= 11 is 0. The van der Waals surface area contributed by atoms with Crippen molar-refractivity contribution in [1.82, 2.24) is 0 Å². The molecular formula is C16H21NO. The van der Waals surface area contributed by atoms with Gasteiger partial charge in [0.05, 0.1) is 19.3 Å². The van der Waals surface area contributed by atoms with E-state index in [1.807, 2.05) is 0 Å². The summed E-state index contributed by atoms with van der Waals surface area (Å²) in [7, 11) is 0. The lowest BCUT2D eigenvalue weighted by atomic mass is 9.75. The molecule has 1 saturated heterocycles. The highest BCUT2D eigenvalue weighted by Crippen LogP contribution is 2.36. The molecule has 96 valence electrons. The molecule has 2 rings (SSSR count). The topological polar surface area (TPSA) is 33.0 Å². The zero-order valence-corrected chi connectivity index (χ0v) is 11.3. The van der Waals surface area contributed by atoms with E-state index in [1.165, 1.54) is 11.1 Å². The van der Waals surface area contributed by atoms with Crippen molar-refractivity contribution >= 4 is 0 Å². The molecule has 0 N–H and O–H groups in total. The van der Waals surface area contributed by atoms with E-state index in [-0.39, 0.29) is 5.41 Å². The average Bonchev–Trinajstić information content (AvgIpc) is 2.29. The molecule has 1 fully saturated rings. The molecule has 0 aromatic heterocycles. The molecular weight excluding hydrogens is 222 g/mol. The first-order valence-corrected chi connectivity index (χ1v) is 6.70. The molecule has 1 aromatic rings. The van der Waals surface area contributed by atoms with Crippen molar-refractivity contribution in [3.8, 4) is 6.07 Å². The molecule has 1 aliphatic heterocycles. The molecule has 2 nitrogen and oxygen atoms in total. The summed E-state index contributed by atoms with van der Waals surface area (Å²) < 4.78 is 5.38. The van der Waals surface area contributed by atoms with Crippen LogP contribution < -0.4 is 0 Å². The molecule has 1 heterocycles. The number of hydrogen-bond donors (Lipinski definition) is 0. The van der Waals surface area contributed by atoms with Crippen LogP contribution in [-0.2, 0) is 16.6 Å². The van der Waals surface area contributed by atoms with E-state index >= 15 is 0 Å². The van der Waals surface area contributed by atoms with Gasteiger partial charge in [0.15, 0.2) is 0 Å². The van der Waals surface area contributed by atoms with Crippen LogP contribution in [0.15, 0.2) is 24.3 Å². The molecule has 0 radical (unpaired) electrons. The Hall–Kier alpha value is -1.33. The highest BCUT2D eigenvalue weighted by Gasteiger charge is 2.39. The number of nitrogens with zero attached hydrogens (tertiary/aromatic N) is 1. The summed E-state index contributed by atoms with van der Waals surface area (Å²) in [5, 5.41) is 8.75. The van der Waals surface area contributed by atoms with Crippen LogP contribution in [0.1, 0.15) is 37.8 Å². The highest BCUT2D eigenvalue weighted by molar-refractivity contribution is 5.31. The predicted molar refractivity (Wildman–Crippen MR) is 72.3 cm³/mol. The van der Waals surface area contributed by atoms with Gasteiger partial charge in [-0.05, 0) is 29.9 Å². The fraction of sp³-hybridized carbons (Fsp3) is 0.562. The summed E-state index contributed by atoms with van der Waals surface area (Å²) in [4.78, 5) is 0. The first-order valence-electron chi connectivity index (χ1n) is 6.70. The van der Waals surface area contributed by atoms with Crippen molar-refractivity contribution in [2.45, 2.75) is 38.5 Å². The van der Waals surface area contributed by atoms with Crippen molar-refractivity contribution in [3.63, 3.8) is 0 Å². The van der Waals surface area contributed by atoms with Gasteiger partial charge in [-0.3, -0.25) is 0 Å². The van der Waals surface area contributed by atoms with Crippen LogP contribution in [0.4, 0.5) is 0 Å². The number of benzene rings is 1. The Morgan fingerprint density at radius 3 is 2.39 bits per heavy atom. The van der Waals surface area contributed by atoms with Crippen LogP contribution in [0.3, 0.4) is 0 Å². The molecule has 1 aliphatic rings. The van der Waals surface area contributed by atoms with E-state index in [1.54, 1.807) is 0 Å². The third-order valence-electron chi connectivity index (χ3n) is 3.68. The number of ether oxygens (including phenoxy) is 1. The second-order valence-corrected chi connectivity index (χ2v) is 5.73. The molecule has 0 aliphatic carbocycles. The highest BCUT2D eigenvalue weighted by atomic mass is 16.5. The van der Waals surface area contributed by atoms with Gasteiger partial charge in [-0.25, -0.2) is 0 Å². The average molecular weight is 243 g/mol. The summed E-state index contributed by atoms with van der Waals surface area (Å²) in [6.07, 6.45) is 2.64. The minimum absolute atomic E-state index is 0.103. The van der Waals surface area contributed by atoms with Gasteiger partial charge in [0.25, 0.3) is 0 Å². The van der Waals surface area contributed by atoms with Gasteiger partial charge in [0.2, 0.25) is 0 Å². The van der Waals surface area contributed by atoms with Gasteiger partial charge < -0.3 is 4.74 Å². The van der Waals surface area contributed by atoms with Crippen LogP contribution >= 0.6 is 0 Å². The smallest absolute Gasteiger partial charge is 0.0622 e. The lowest BCUT2D eigenvalue weighted by Gasteiger charge is -2.41. The van der Waals surface area contributed by atoms with E-state index in [9.17, 15) is 0 Å². The van der Waals surface area contributed by atoms with Gasteiger partial charge in [0.1, 0.15) is 0 Å². The van der Waals surface area contributed by atoms with Crippen LogP contribution in [0, 0.1) is 17.2 Å². The van der Waals surface area contributed by atoms with Crippen molar-refractivity contribution in [1.29, 1.82) is 5.26 Å². The minimum atomic E-state index is 0.103. The second kappa shape index (κ2) is 5.54. The molecule has 0 amide bonds. The van der Waals surface area contributed by atoms with Crippen LogP contribution in [0.2, 0.25) is 0 Å². The first-order chi connectivity index (χ1) is 8.66. The first kappa shape index (κ1) is 13.1. The Labute approximate surface area is 110 Å². The van der Waals surface area contributed by atoms with E-state index < -0.39 is 0 Å². The number of rotatable bonds is 5. The second-order valence-electron chi connectivity index (χ2n) is 5.73. The molecule has 0 unspecified atom stereocenters. The summed E-state index contributed by atoms with van der Waals surface area (Å²) in [5.41, 5.74) is 2.83. The maximum absolute atomic E-state index is 8.75. The van der Waals surface area contributed by atoms with Gasteiger partial charge in [0, 0.05) is 11.8 Å². The predicted octanol–water partition coefficient (Wildman–Crippen LogP) is 3.46. The third-order valence-corrected chi connectivity index (χ3v) is 3.68. The number of nitriles is 1. The monoisotopic (exact) mass is 243 g/mol. The SMILES string of the molecule is CC(C)Cc1ccc(C2(CCC#N)COC2)cc1. The molecule has 1 aromatic carbocycles. The zero-order chi connectivity index (χ0) is 13.0. The van der Waals surface area contributed by atoms with Crippen LogP contribution in [-0.4, -0.2) is 13.2 Å². The zero-order valence-electron chi connectivity index (χ0n) is 11.3. The Morgan fingerprint density at radius 1 is 1.28 bits per heavy atom. The molecule has 0 atom stereocenters. The molecule has 0 bridgehead atoms. The standard InChI is InChI=1S/C16H21NO/c1-13(2)10-14-4-6-15(7-5-14)16(8-3-9-17)11-18-12-16/h4-7,13H,3,8,10-12H2,1-2H3. The fourth-order valence-corrected chi connectivity index (χ4v) is 2.56. The molecule has 18 heavy (non-hydrogen) atoms. The van der Waals surface area contributed by atoms with E-state index in [4.69, 9.17) is 10.00 Å². The largest absolute Gasteiger partial charge is 0.379 e. The summed E-state index contributed by atoms with van der Waals surface area (Å²) in [5.74, 6) is 0.690. The maximum atomic E-state index is 8.75. The lowest BCUT2D eigenvalue weighted by Crippen LogP contribution is -2.46. The Morgan fingerprint density at radius 2 is 1.94 bits per heavy atom. The van der Waals surface area contributed by atoms with Gasteiger partial charge >= 0.3 is 0 Å². The summed E-state index contributed by atoms with van der Waals surface area (Å²) in [6, 6.07) is 11.1. The van der Waals surface area contributed by atoms with Crippen molar-refractivity contribution in [2.75, 3.05) is 13.2 Å². The van der Waals surface area contributed by atoms with E-state index in [0.29, 0.717) is 12.3 Å². The molecule has 0 saturated carbocycles. The fourth-order valence-electron chi connectivity index (χ4n) is 2.56. The van der Waals surface area contributed by atoms with Crippen LogP contribution in [0.5, 0.6) is 0 Å². The van der Waals surface area contributed by atoms with Gasteiger partial charge in [-0.1, -0.05) is 38.1 Å². The minimum Gasteiger partial charge on any atom is -0.379 e. The van der Waals surface area contributed by atoms with Crippen molar-refractivity contribution in [2.24, 2.45) is 5.92 Å². The lowest BCUT2D eigenvalue weighted by molar-refractivity contribution is -0.0637. The number of hydrogen-bond acceptors (Lipinski definition) is 2. The quantitative estimate of drug-likeness (QED) is 0.793. The molecule has 0 spiro atoms. The Bertz CT molecular complexity index is 423. The summed E-state index contributed by atoms with van der Waals surface area (Å²) in [6.45, 7) is 6.00. The van der Waals surface area contributed by atoms with Crippen molar-refractivity contribution in [3.05, 3.63) is 35.4 Å². The van der Waals surface area contributed by atoms with Crippen LogP contribution in [0.25, 0.3) is 0 Å². The normalized spacial score (nSPS) is 17.2. The third kappa shape index (κ3) is 2.73. The molecule has 2 heteroatoms. The van der Waals surface area contributed by atoms with Crippen molar-refractivity contribution < 1.29 is 4.74 Å². The maximum Gasteiger partial charge on any atom is 0.0622 e. The van der Waals surface area contributed by atoms with Gasteiger partial charge in [-0.2, -0.15) is 5.26 Å². The Balaban J connectivity index is 2.10. The Kier molecular flexibility index (Phi) is 4.04. The van der Waals surface area contributed by atoms with E-state index in [2.05, 4.69) is 44.2 Å².